The number of likely N-dealkylation sites (N-methyl/N-ethyl adjacent to an activating group) is 1. The van der Waals surface area contributed by atoms with Crippen LogP contribution >= 0.6 is 0 Å². The van der Waals surface area contributed by atoms with Crippen molar-refractivity contribution >= 4 is 53.3 Å². The molecule has 0 aromatic heterocycles. The molecule has 0 saturated carbocycles. The number of hydrogen-bond acceptors (Lipinski definition) is 12. The highest BCUT2D eigenvalue weighted by Crippen LogP contribution is 2.30. The standard InChI is InChI=1S/C56H87N9O12/c1-11-37(6)49(44(75-9)33-46(67)65-27-17-20-43(65)50(76-10)38(7)51(68)60-42(54(71)72)32-39-18-13-12-14-19-39)62(8)53(70)47(35(2)3)61-52(69)48(36(4)5)63-28-30-64(31-29-63)56(74)77-34-40-22-24-41(25-23-40)59-45(66)21-15-16-26-58-55(57)73/h12-14,18-19,22-25,35-38,42-44,47-50H,11,15-17,20-21,26-34H2,1-10H3,(H,59,66)(H,60,68)(H,61,69)(H,71,72)(H3,57,58,73)/t37-,38+,42-,43-,44?,47-,48-,49-,50+/m0/s1. The number of carbonyl (C=O) groups excluding carboxylic acids is 7. The van der Waals surface area contributed by atoms with E-state index in [1.807, 2.05) is 52.5 Å². The zero-order valence-electron chi connectivity index (χ0n) is 47.0. The molecule has 8 amide bonds. The van der Waals surface area contributed by atoms with Gasteiger partial charge in [0.1, 0.15) is 18.7 Å². The highest BCUT2D eigenvalue weighted by molar-refractivity contribution is 5.91. The van der Waals surface area contributed by atoms with Gasteiger partial charge in [-0.15, -0.1) is 0 Å². The van der Waals surface area contributed by atoms with Crippen LogP contribution in [0.1, 0.15) is 105 Å². The number of urea groups is 1. The van der Waals surface area contributed by atoms with E-state index in [1.54, 1.807) is 77.2 Å². The van der Waals surface area contributed by atoms with Crippen LogP contribution in [0, 0.1) is 23.7 Å². The van der Waals surface area contributed by atoms with Gasteiger partial charge in [-0.25, -0.2) is 14.4 Å². The van der Waals surface area contributed by atoms with Gasteiger partial charge in [-0.1, -0.05) is 97.4 Å². The molecule has 1 unspecified atom stereocenters. The minimum Gasteiger partial charge on any atom is -0.480 e. The number of benzene rings is 2. The summed E-state index contributed by atoms with van der Waals surface area (Å²) in [5, 5.41) is 21.1. The number of hydrogen-bond donors (Lipinski definition) is 6. The number of carbonyl (C=O) groups is 8. The molecule has 21 nitrogen and oxygen atoms in total. The van der Waals surface area contributed by atoms with Crippen LogP contribution in [0.25, 0.3) is 0 Å². The molecule has 0 bridgehead atoms. The molecule has 9 atom stereocenters. The number of likely N-dealkylation sites (tertiary alicyclic amines) is 1. The van der Waals surface area contributed by atoms with Crippen molar-refractivity contribution in [1.82, 2.24) is 35.6 Å². The quantitative estimate of drug-likeness (QED) is 0.0609. The molecule has 2 saturated heterocycles. The monoisotopic (exact) mass is 1080 g/mol. The van der Waals surface area contributed by atoms with Gasteiger partial charge >= 0.3 is 18.1 Å². The lowest BCUT2D eigenvalue weighted by atomic mass is 9.89. The van der Waals surface area contributed by atoms with E-state index in [4.69, 9.17) is 19.9 Å². The van der Waals surface area contributed by atoms with Crippen LogP contribution in [0.2, 0.25) is 0 Å². The molecule has 0 radical (unpaired) electrons. The van der Waals surface area contributed by atoms with Crippen molar-refractivity contribution in [2.75, 3.05) is 65.9 Å². The average molecular weight is 1080 g/mol. The van der Waals surface area contributed by atoms with Gasteiger partial charge < -0.3 is 61.0 Å². The minimum atomic E-state index is -1.16. The number of unbranched alkanes of at least 4 members (excludes halogenated alkanes) is 1. The zero-order valence-corrected chi connectivity index (χ0v) is 47.0. The van der Waals surface area contributed by atoms with Gasteiger partial charge in [0.05, 0.1) is 42.7 Å². The van der Waals surface area contributed by atoms with Gasteiger partial charge in [0.2, 0.25) is 29.5 Å². The zero-order chi connectivity index (χ0) is 56.9. The van der Waals surface area contributed by atoms with Crippen molar-refractivity contribution in [3.05, 3.63) is 65.7 Å². The van der Waals surface area contributed by atoms with Crippen LogP contribution < -0.4 is 27.0 Å². The van der Waals surface area contributed by atoms with Crippen LogP contribution in [0.5, 0.6) is 0 Å². The number of nitrogens with two attached hydrogens (primary N) is 1. The second-order valence-electron chi connectivity index (χ2n) is 21.2. The maximum atomic E-state index is 14.7. The highest BCUT2D eigenvalue weighted by atomic mass is 16.6. The van der Waals surface area contributed by atoms with Crippen LogP contribution in [0.3, 0.4) is 0 Å². The summed E-state index contributed by atoms with van der Waals surface area (Å²) in [4.78, 5) is 113. The van der Waals surface area contributed by atoms with E-state index in [9.17, 15) is 43.5 Å². The Kier molecular flexibility index (Phi) is 25.6. The Bertz CT molecular complexity index is 2240. The van der Waals surface area contributed by atoms with Crippen molar-refractivity contribution in [3.63, 3.8) is 0 Å². The van der Waals surface area contributed by atoms with E-state index >= 15 is 0 Å². The summed E-state index contributed by atoms with van der Waals surface area (Å²) >= 11 is 0. The summed E-state index contributed by atoms with van der Waals surface area (Å²) in [5.41, 5.74) is 7.17. The Morgan fingerprint density at radius 1 is 0.805 bits per heavy atom. The number of nitrogens with one attached hydrogen (secondary N) is 4. The first-order valence-corrected chi connectivity index (χ1v) is 27.2. The predicted octanol–water partition coefficient (Wildman–Crippen LogP) is 4.62. The topological polar surface area (TPSA) is 272 Å². The lowest BCUT2D eigenvalue weighted by Gasteiger charge is -2.42. The first-order chi connectivity index (χ1) is 36.6. The largest absolute Gasteiger partial charge is 0.480 e. The Labute approximate surface area is 455 Å². The van der Waals surface area contributed by atoms with E-state index in [1.165, 1.54) is 14.2 Å². The highest BCUT2D eigenvalue weighted by Gasteiger charge is 2.44. The number of carboxylic acid groups (broad SMARTS) is 1. The molecule has 4 rings (SSSR count). The molecule has 0 aliphatic carbocycles. The molecule has 2 aliphatic rings. The number of carboxylic acids is 1. The number of methoxy groups -OCH3 is 2. The lowest BCUT2D eigenvalue weighted by Crippen LogP contribution is -2.62. The smallest absolute Gasteiger partial charge is 0.410 e. The van der Waals surface area contributed by atoms with E-state index in [-0.39, 0.29) is 67.3 Å². The normalized spacial score (nSPS) is 18.0. The van der Waals surface area contributed by atoms with E-state index in [0.717, 1.165) is 11.1 Å². The van der Waals surface area contributed by atoms with Crippen molar-refractivity contribution in [2.24, 2.45) is 29.4 Å². The molecular formula is C56H87N9O12. The summed E-state index contributed by atoms with van der Waals surface area (Å²) in [7, 11) is 4.69. The predicted molar refractivity (Wildman–Crippen MR) is 291 cm³/mol. The molecule has 77 heavy (non-hydrogen) atoms. The fraction of sp³-hybridized carbons (Fsp3) is 0.643. The average Bonchev–Trinajstić information content (AvgIpc) is 3.89. The number of aliphatic carboxylic acids is 1. The second kappa shape index (κ2) is 31.2. The van der Waals surface area contributed by atoms with Crippen LogP contribution in [-0.4, -0.2) is 175 Å². The molecule has 2 fully saturated rings. The Hall–Kier alpha value is -6.32. The Balaban J connectivity index is 1.35. The van der Waals surface area contributed by atoms with Crippen molar-refractivity contribution in [3.8, 4) is 0 Å². The summed E-state index contributed by atoms with van der Waals surface area (Å²) in [6.45, 7) is 15.6. The van der Waals surface area contributed by atoms with Gasteiger partial charge in [-0.3, -0.25) is 28.9 Å². The number of piperazine rings is 1. The third-order valence-electron chi connectivity index (χ3n) is 15.0. The third-order valence-corrected chi connectivity index (χ3v) is 15.0. The van der Waals surface area contributed by atoms with E-state index in [0.29, 0.717) is 77.1 Å². The molecule has 2 aromatic carbocycles. The van der Waals surface area contributed by atoms with Crippen molar-refractivity contribution in [2.45, 2.75) is 149 Å². The maximum Gasteiger partial charge on any atom is 0.410 e. The van der Waals surface area contributed by atoms with Gasteiger partial charge in [-0.05, 0) is 66.7 Å². The molecule has 2 aromatic rings. The number of nitrogens with zero attached hydrogens (tertiary/aromatic N) is 4. The van der Waals surface area contributed by atoms with Gasteiger partial charge in [-0.2, -0.15) is 0 Å². The summed E-state index contributed by atoms with van der Waals surface area (Å²) in [6.07, 6.45) is 1.47. The number of amides is 8. The van der Waals surface area contributed by atoms with Crippen LogP contribution in [-0.2, 0) is 56.0 Å². The molecule has 0 spiro atoms. The first-order valence-electron chi connectivity index (χ1n) is 27.2. The number of primary amides is 1. The SMILES string of the molecule is CC[C@H](C)[C@@H](C(CC(=O)N1CCC[C@H]1[C@H](OC)[C@@H](C)C(=O)N[C@@H](Cc1ccccc1)C(=O)O)OC)N(C)C(=O)[C@@H](NC(=O)[C@H](C(C)C)N1CCN(C(=O)OCc2ccc(NC(=O)CCCCNC(N)=O)cc2)CC1)C(C)C. The fourth-order valence-corrected chi connectivity index (χ4v) is 10.5. The van der Waals surface area contributed by atoms with Gasteiger partial charge in [0, 0.05) is 79.1 Å². The maximum absolute atomic E-state index is 14.7. The minimum absolute atomic E-state index is 0.0273. The van der Waals surface area contributed by atoms with Crippen molar-refractivity contribution < 1.29 is 57.7 Å². The number of anilines is 1. The van der Waals surface area contributed by atoms with Crippen molar-refractivity contribution in [1.29, 1.82) is 0 Å². The molecule has 7 N–H and O–H groups in total. The molecule has 21 heteroatoms. The third kappa shape index (κ3) is 18.7. The number of ether oxygens (including phenoxy) is 3. The molecule has 2 heterocycles. The Morgan fingerprint density at radius 2 is 1.47 bits per heavy atom. The fourth-order valence-electron chi connectivity index (χ4n) is 10.5. The lowest BCUT2D eigenvalue weighted by molar-refractivity contribution is -0.148. The summed E-state index contributed by atoms with van der Waals surface area (Å²) < 4.78 is 17.6. The Morgan fingerprint density at radius 3 is 2.04 bits per heavy atom. The number of rotatable bonds is 29. The summed E-state index contributed by atoms with van der Waals surface area (Å²) in [5.74, 6) is -4.05. The molecular weight excluding hydrogens is 991 g/mol. The second-order valence-corrected chi connectivity index (χ2v) is 21.2. The first kappa shape index (κ1) is 63.2. The van der Waals surface area contributed by atoms with E-state index < -0.39 is 72.3 Å². The van der Waals surface area contributed by atoms with Gasteiger partial charge in [0.25, 0.3) is 0 Å². The van der Waals surface area contributed by atoms with Gasteiger partial charge in [0.15, 0.2) is 0 Å². The molecule has 428 valence electrons. The van der Waals surface area contributed by atoms with Crippen LogP contribution in [0.15, 0.2) is 54.6 Å². The summed E-state index contributed by atoms with van der Waals surface area (Å²) in [6, 6.07) is 11.7. The van der Waals surface area contributed by atoms with Crippen LogP contribution in [0.4, 0.5) is 15.3 Å². The molecule has 2 aliphatic heterocycles. The van der Waals surface area contributed by atoms with E-state index in [2.05, 4.69) is 21.3 Å².